The Morgan fingerprint density at radius 2 is 2.05 bits per heavy atom. The van der Waals surface area contributed by atoms with Crippen molar-refractivity contribution in [2.45, 2.75) is 13.0 Å². The van der Waals surface area contributed by atoms with Gasteiger partial charge in [0, 0.05) is 6.54 Å². The summed E-state index contributed by atoms with van der Waals surface area (Å²) in [5, 5.41) is 5.58. The zero-order valence-electron chi connectivity index (χ0n) is 11.8. The van der Waals surface area contributed by atoms with Gasteiger partial charge in [-0.15, -0.1) is 6.58 Å². The van der Waals surface area contributed by atoms with Crippen molar-refractivity contribution in [2.24, 2.45) is 0 Å². The minimum atomic E-state index is -0.392. The summed E-state index contributed by atoms with van der Waals surface area (Å²) in [6, 6.07) is 7.18. The molecule has 0 saturated heterocycles. The molecule has 0 saturated carbocycles. The zero-order chi connectivity index (χ0) is 15.0. The highest BCUT2D eigenvalue weighted by Gasteiger charge is 2.39. The lowest BCUT2D eigenvalue weighted by Gasteiger charge is -2.25. The van der Waals surface area contributed by atoms with E-state index >= 15 is 0 Å². The quantitative estimate of drug-likeness (QED) is 0.828. The summed E-state index contributed by atoms with van der Waals surface area (Å²) in [5.41, 5.74) is 3.37. The van der Waals surface area contributed by atoms with Crippen LogP contribution in [0.15, 0.2) is 48.2 Å². The Labute approximate surface area is 123 Å². The molecule has 0 spiro atoms. The largest absolute Gasteiger partial charge is 0.329 e. The van der Waals surface area contributed by atoms with Crippen LogP contribution in [0.25, 0.3) is 0 Å². The number of carbonyl (C=O) groups is 2. The van der Waals surface area contributed by atoms with Crippen LogP contribution >= 0.6 is 0 Å². The van der Waals surface area contributed by atoms with E-state index in [4.69, 9.17) is 0 Å². The van der Waals surface area contributed by atoms with Crippen LogP contribution in [0.1, 0.15) is 17.2 Å². The van der Waals surface area contributed by atoms with E-state index in [0.717, 1.165) is 11.1 Å². The van der Waals surface area contributed by atoms with Crippen molar-refractivity contribution in [2.75, 3.05) is 13.1 Å². The van der Waals surface area contributed by atoms with Gasteiger partial charge in [0.1, 0.15) is 0 Å². The van der Waals surface area contributed by atoms with Gasteiger partial charge >= 0.3 is 6.03 Å². The number of benzene rings is 1. The van der Waals surface area contributed by atoms with E-state index in [2.05, 4.69) is 17.2 Å². The monoisotopic (exact) mass is 283 g/mol. The number of nitrogens with one attached hydrogen (secondary N) is 2. The van der Waals surface area contributed by atoms with E-state index in [0.29, 0.717) is 24.4 Å². The van der Waals surface area contributed by atoms with Crippen LogP contribution in [0.4, 0.5) is 4.79 Å². The standard InChI is InChI=1S/C16H17N3O2/c1-3-8-19-9-12-13(15(19)20)14(18-16(21)17-12)11-6-4-10(2)5-7-11/h3-7,14H,1,8-9H2,2H3,(H2,17,18,21). The van der Waals surface area contributed by atoms with Gasteiger partial charge in [0.25, 0.3) is 5.91 Å². The molecule has 5 heteroatoms. The third-order valence-corrected chi connectivity index (χ3v) is 3.78. The fourth-order valence-corrected chi connectivity index (χ4v) is 2.74. The van der Waals surface area contributed by atoms with Crippen molar-refractivity contribution in [3.05, 3.63) is 59.3 Å². The molecule has 0 bridgehead atoms. The zero-order valence-corrected chi connectivity index (χ0v) is 11.8. The van der Waals surface area contributed by atoms with E-state index in [-0.39, 0.29) is 11.9 Å². The maximum absolute atomic E-state index is 12.5. The maximum atomic E-state index is 12.5. The number of carbonyl (C=O) groups excluding carboxylic acids is 2. The average molecular weight is 283 g/mol. The molecule has 0 radical (unpaired) electrons. The smallest absolute Gasteiger partial charge is 0.319 e. The summed E-state index contributed by atoms with van der Waals surface area (Å²) in [6.07, 6.45) is 1.69. The Balaban J connectivity index is 1.98. The highest BCUT2D eigenvalue weighted by atomic mass is 16.2. The second kappa shape index (κ2) is 5.09. The Morgan fingerprint density at radius 1 is 1.33 bits per heavy atom. The first-order valence-electron chi connectivity index (χ1n) is 6.87. The molecular weight excluding hydrogens is 266 g/mol. The van der Waals surface area contributed by atoms with Gasteiger partial charge in [-0.05, 0) is 12.5 Å². The second-order valence-electron chi connectivity index (χ2n) is 5.31. The predicted molar refractivity (Wildman–Crippen MR) is 79.4 cm³/mol. The highest BCUT2D eigenvalue weighted by Crippen LogP contribution is 2.32. The van der Waals surface area contributed by atoms with Crippen molar-refractivity contribution >= 4 is 11.9 Å². The van der Waals surface area contributed by atoms with Crippen LogP contribution in [0.3, 0.4) is 0 Å². The van der Waals surface area contributed by atoms with Gasteiger partial charge in [-0.3, -0.25) is 4.79 Å². The van der Waals surface area contributed by atoms with Crippen molar-refractivity contribution in [3.63, 3.8) is 0 Å². The second-order valence-corrected chi connectivity index (χ2v) is 5.31. The van der Waals surface area contributed by atoms with Crippen molar-refractivity contribution in [1.82, 2.24) is 15.5 Å². The van der Waals surface area contributed by atoms with E-state index in [1.807, 2.05) is 31.2 Å². The number of hydrogen-bond acceptors (Lipinski definition) is 2. The molecule has 2 N–H and O–H groups in total. The van der Waals surface area contributed by atoms with E-state index < -0.39 is 6.04 Å². The lowest BCUT2D eigenvalue weighted by atomic mass is 9.95. The topological polar surface area (TPSA) is 61.4 Å². The molecule has 3 amide bonds. The molecule has 1 atom stereocenters. The molecule has 1 aromatic rings. The van der Waals surface area contributed by atoms with E-state index in [1.165, 1.54) is 0 Å². The normalized spacial score (nSPS) is 21.0. The summed E-state index contributed by atoms with van der Waals surface area (Å²) < 4.78 is 0. The molecule has 21 heavy (non-hydrogen) atoms. The molecule has 0 fully saturated rings. The first kappa shape index (κ1) is 13.4. The average Bonchev–Trinajstić information content (AvgIpc) is 2.76. The summed E-state index contributed by atoms with van der Waals surface area (Å²) in [5.74, 6) is -0.0528. The number of rotatable bonds is 3. The molecule has 108 valence electrons. The van der Waals surface area contributed by atoms with Gasteiger partial charge in [0.2, 0.25) is 0 Å². The van der Waals surface area contributed by atoms with Gasteiger partial charge in [-0.1, -0.05) is 35.9 Å². The van der Waals surface area contributed by atoms with Gasteiger partial charge in [-0.25, -0.2) is 4.79 Å². The molecule has 2 aliphatic heterocycles. The van der Waals surface area contributed by atoms with Crippen LogP contribution in [0.2, 0.25) is 0 Å². The lowest BCUT2D eigenvalue weighted by molar-refractivity contribution is -0.125. The molecule has 1 aromatic carbocycles. The van der Waals surface area contributed by atoms with Gasteiger partial charge in [0.05, 0.1) is 23.9 Å². The lowest BCUT2D eigenvalue weighted by Crippen LogP contribution is -2.44. The van der Waals surface area contributed by atoms with Crippen LogP contribution in [-0.4, -0.2) is 29.9 Å². The number of amides is 3. The third kappa shape index (κ3) is 2.31. The molecule has 0 aliphatic carbocycles. The number of hydrogen-bond donors (Lipinski definition) is 2. The van der Waals surface area contributed by atoms with Gasteiger partial charge in [-0.2, -0.15) is 0 Å². The SMILES string of the molecule is C=CCN1CC2=C(C1=O)C(c1ccc(C)cc1)NC(=O)N2. The Kier molecular flexibility index (Phi) is 3.25. The molecular formula is C16H17N3O2. The summed E-state index contributed by atoms with van der Waals surface area (Å²) >= 11 is 0. The van der Waals surface area contributed by atoms with Crippen LogP contribution < -0.4 is 10.6 Å². The summed E-state index contributed by atoms with van der Waals surface area (Å²) in [6.45, 7) is 6.57. The van der Waals surface area contributed by atoms with Crippen LogP contribution in [0, 0.1) is 6.92 Å². The Bertz CT molecular complexity index is 646. The minimum Gasteiger partial charge on any atom is -0.329 e. The maximum Gasteiger partial charge on any atom is 0.319 e. The molecule has 1 unspecified atom stereocenters. The fourth-order valence-electron chi connectivity index (χ4n) is 2.74. The highest BCUT2D eigenvalue weighted by molar-refractivity contribution is 6.01. The van der Waals surface area contributed by atoms with Crippen molar-refractivity contribution in [3.8, 4) is 0 Å². The molecule has 2 aliphatic rings. The molecule has 0 aromatic heterocycles. The number of aryl methyl sites for hydroxylation is 1. The summed E-state index contributed by atoms with van der Waals surface area (Å²) in [4.78, 5) is 26.0. The van der Waals surface area contributed by atoms with Crippen LogP contribution in [-0.2, 0) is 4.79 Å². The first-order valence-corrected chi connectivity index (χ1v) is 6.87. The van der Waals surface area contributed by atoms with E-state index in [9.17, 15) is 9.59 Å². The van der Waals surface area contributed by atoms with Crippen LogP contribution in [0.5, 0.6) is 0 Å². The molecule has 2 heterocycles. The van der Waals surface area contributed by atoms with E-state index in [1.54, 1.807) is 11.0 Å². The Morgan fingerprint density at radius 3 is 2.71 bits per heavy atom. The predicted octanol–water partition coefficient (Wildman–Crippen LogP) is 1.63. The fraction of sp³-hybridized carbons (Fsp3) is 0.250. The van der Waals surface area contributed by atoms with Gasteiger partial charge < -0.3 is 15.5 Å². The number of nitrogens with zero attached hydrogens (tertiary/aromatic N) is 1. The Hall–Kier alpha value is -2.56. The van der Waals surface area contributed by atoms with Crippen molar-refractivity contribution < 1.29 is 9.59 Å². The van der Waals surface area contributed by atoms with Crippen molar-refractivity contribution in [1.29, 1.82) is 0 Å². The third-order valence-electron chi connectivity index (χ3n) is 3.78. The first-order chi connectivity index (χ1) is 10.1. The molecule has 3 rings (SSSR count). The molecule has 5 nitrogen and oxygen atoms in total. The summed E-state index contributed by atoms with van der Waals surface area (Å²) in [7, 11) is 0. The van der Waals surface area contributed by atoms with Gasteiger partial charge in [0.15, 0.2) is 0 Å². The number of urea groups is 1. The minimum absolute atomic E-state index is 0.0528.